The zero-order valence-corrected chi connectivity index (χ0v) is 10.9. The molecule has 2 rings (SSSR count). The minimum atomic E-state index is -0.584. The maximum Gasteiger partial charge on any atom is 0.338 e. The summed E-state index contributed by atoms with van der Waals surface area (Å²) in [5.74, 6) is -0.535. The van der Waals surface area contributed by atoms with E-state index in [9.17, 15) is 9.18 Å². The molecule has 0 bridgehead atoms. The summed E-state index contributed by atoms with van der Waals surface area (Å²) in [5, 5.41) is 0. The van der Waals surface area contributed by atoms with Crippen molar-refractivity contribution in [1.82, 2.24) is 0 Å². The average Bonchev–Trinajstić information content (AvgIpc) is 2.45. The highest BCUT2D eigenvalue weighted by atomic mass is 19.1. The van der Waals surface area contributed by atoms with E-state index in [1.165, 1.54) is 25.3 Å². The maximum atomic E-state index is 13.4. The Bertz CT molecular complexity index is 628. The van der Waals surface area contributed by atoms with Crippen molar-refractivity contribution in [3.8, 4) is 5.75 Å². The Morgan fingerprint density at radius 3 is 2.70 bits per heavy atom. The summed E-state index contributed by atoms with van der Waals surface area (Å²) in [4.78, 5) is 11.9. The lowest BCUT2D eigenvalue weighted by atomic mass is 10.2. The highest BCUT2D eigenvalue weighted by molar-refractivity contribution is 5.91. The van der Waals surface area contributed by atoms with Crippen molar-refractivity contribution in [2.24, 2.45) is 0 Å². The Hall–Kier alpha value is -2.56. The fraction of sp³-hybridized carbons (Fsp3) is 0.133. The number of methoxy groups -OCH3 is 1. The number of rotatable bonds is 4. The predicted octanol–water partition coefficient (Wildman–Crippen LogP) is 2.77. The fourth-order valence-electron chi connectivity index (χ4n) is 1.70. The number of ether oxygens (including phenoxy) is 2. The summed E-state index contributed by atoms with van der Waals surface area (Å²) in [5.41, 5.74) is 6.63. The third-order valence-electron chi connectivity index (χ3n) is 2.72. The van der Waals surface area contributed by atoms with Crippen molar-refractivity contribution in [3.05, 3.63) is 59.4 Å². The molecule has 2 aromatic carbocycles. The number of hydrogen-bond acceptors (Lipinski definition) is 4. The van der Waals surface area contributed by atoms with E-state index < -0.39 is 11.8 Å². The summed E-state index contributed by atoms with van der Waals surface area (Å²) in [6.07, 6.45) is 0. The highest BCUT2D eigenvalue weighted by Crippen LogP contribution is 2.19. The summed E-state index contributed by atoms with van der Waals surface area (Å²) in [6, 6.07) is 10.7. The number of carbonyl (C=O) groups is 1. The van der Waals surface area contributed by atoms with Gasteiger partial charge in [0.05, 0.1) is 12.7 Å². The van der Waals surface area contributed by atoms with Crippen molar-refractivity contribution in [2.75, 3.05) is 12.8 Å². The molecule has 0 radical (unpaired) electrons. The molecule has 0 saturated carbocycles. The molecule has 0 saturated heterocycles. The van der Waals surface area contributed by atoms with Gasteiger partial charge in [0, 0.05) is 17.3 Å². The van der Waals surface area contributed by atoms with E-state index in [0.29, 0.717) is 17.0 Å². The maximum absolute atomic E-state index is 13.4. The monoisotopic (exact) mass is 275 g/mol. The van der Waals surface area contributed by atoms with E-state index in [1.54, 1.807) is 24.3 Å². The minimum absolute atomic E-state index is 0.136. The first-order valence-corrected chi connectivity index (χ1v) is 5.95. The van der Waals surface area contributed by atoms with Crippen LogP contribution in [0, 0.1) is 5.82 Å². The van der Waals surface area contributed by atoms with Crippen LogP contribution in [-0.4, -0.2) is 13.1 Å². The number of benzene rings is 2. The van der Waals surface area contributed by atoms with Gasteiger partial charge in [0.2, 0.25) is 0 Å². The molecule has 0 aromatic heterocycles. The minimum Gasteiger partial charge on any atom is -0.497 e. The van der Waals surface area contributed by atoms with Crippen molar-refractivity contribution >= 4 is 11.7 Å². The van der Waals surface area contributed by atoms with Crippen LogP contribution in [0.4, 0.5) is 10.1 Å². The molecule has 20 heavy (non-hydrogen) atoms. The largest absolute Gasteiger partial charge is 0.497 e. The van der Waals surface area contributed by atoms with Gasteiger partial charge in [-0.3, -0.25) is 0 Å². The lowest BCUT2D eigenvalue weighted by Gasteiger charge is -2.08. The Balaban J connectivity index is 2.09. The molecule has 0 spiro atoms. The first kappa shape index (κ1) is 13.9. The second-order valence-corrected chi connectivity index (χ2v) is 4.16. The van der Waals surface area contributed by atoms with E-state index in [2.05, 4.69) is 0 Å². The molecule has 2 N–H and O–H groups in total. The van der Waals surface area contributed by atoms with Gasteiger partial charge < -0.3 is 15.2 Å². The molecular weight excluding hydrogens is 261 g/mol. The van der Waals surface area contributed by atoms with Crippen LogP contribution in [0.3, 0.4) is 0 Å². The van der Waals surface area contributed by atoms with Gasteiger partial charge in [-0.2, -0.15) is 0 Å². The third-order valence-corrected chi connectivity index (χ3v) is 2.72. The van der Waals surface area contributed by atoms with Crippen LogP contribution in [0.1, 0.15) is 15.9 Å². The second kappa shape index (κ2) is 6.06. The lowest BCUT2D eigenvalue weighted by Crippen LogP contribution is -2.07. The van der Waals surface area contributed by atoms with Crippen LogP contribution in [-0.2, 0) is 11.3 Å². The van der Waals surface area contributed by atoms with Gasteiger partial charge in [-0.15, -0.1) is 0 Å². The molecule has 0 heterocycles. The van der Waals surface area contributed by atoms with Crippen LogP contribution in [0.25, 0.3) is 0 Å². The standard InChI is InChI=1S/C15H14FNO3/c1-19-13-7-11(6-12(17)8-13)15(18)20-9-10-4-2-3-5-14(10)16/h2-8H,9,17H2,1H3. The van der Waals surface area contributed by atoms with Gasteiger partial charge in [-0.05, 0) is 18.2 Å². The quantitative estimate of drug-likeness (QED) is 0.688. The van der Waals surface area contributed by atoms with Gasteiger partial charge >= 0.3 is 5.97 Å². The smallest absolute Gasteiger partial charge is 0.338 e. The number of hydrogen-bond donors (Lipinski definition) is 1. The van der Waals surface area contributed by atoms with Crippen molar-refractivity contribution in [2.45, 2.75) is 6.61 Å². The SMILES string of the molecule is COc1cc(N)cc(C(=O)OCc2ccccc2F)c1. The summed E-state index contributed by atoms with van der Waals surface area (Å²) in [6.45, 7) is -0.136. The molecule has 0 unspecified atom stereocenters. The van der Waals surface area contributed by atoms with Gasteiger partial charge in [0.25, 0.3) is 0 Å². The van der Waals surface area contributed by atoms with Crippen LogP contribution in [0.2, 0.25) is 0 Å². The van der Waals surface area contributed by atoms with E-state index in [0.717, 1.165) is 0 Å². The molecule has 5 heteroatoms. The van der Waals surface area contributed by atoms with Crippen molar-refractivity contribution < 1.29 is 18.7 Å². The van der Waals surface area contributed by atoms with Gasteiger partial charge in [0.1, 0.15) is 18.2 Å². The molecule has 0 aliphatic rings. The van der Waals surface area contributed by atoms with E-state index in [1.807, 2.05) is 0 Å². The Morgan fingerprint density at radius 1 is 1.25 bits per heavy atom. The van der Waals surface area contributed by atoms with Crippen molar-refractivity contribution in [3.63, 3.8) is 0 Å². The number of nitrogens with two attached hydrogens (primary N) is 1. The van der Waals surface area contributed by atoms with Crippen LogP contribution >= 0.6 is 0 Å². The fourth-order valence-corrected chi connectivity index (χ4v) is 1.70. The lowest BCUT2D eigenvalue weighted by molar-refractivity contribution is 0.0468. The summed E-state index contributed by atoms with van der Waals surface area (Å²) >= 11 is 0. The van der Waals surface area contributed by atoms with E-state index in [-0.39, 0.29) is 12.2 Å². The Kier molecular flexibility index (Phi) is 4.20. The number of esters is 1. The first-order valence-electron chi connectivity index (χ1n) is 5.95. The predicted molar refractivity (Wildman–Crippen MR) is 72.9 cm³/mol. The van der Waals surface area contributed by atoms with E-state index in [4.69, 9.17) is 15.2 Å². The summed E-state index contributed by atoms with van der Waals surface area (Å²) in [7, 11) is 1.48. The van der Waals surface area contributed by atoms with E-state index >= 15 is 0 Å². The number of halogens is 1. The zero-order chi connectivity index (χ0) is 14.5. The molecule has 0 amide bonds. The van der Waals surface area contributed by atoms with Gasteiger partial charge in [0.15, 0.2) is 0 Å². The molecule has 0 fully saturated rings. The molecule has 0 atom stereocenters. The van der Waals surface area contributed by atoms with Gasteiger partial charge in [-0.1, -0.05) is 18.2 Å². The summed E-state index contributed by atoms with van der Waals surface area (Å²) < 4.78 is 23.5. The van der Waals surface area contributed by atoms with Crippen LogP contribution in [0.5, 0.6) is 5.75 Å². The van der Waals surface area contributed by atoms with Crippen LogP contribution in [0.15, 0.2) is 42.5 Å². The number of nitrogen functional groups attached to an aromatic ring is 1. The molecule has 2 aromatic rings. The number of carbonyl (C=O) groups excluding carboxylic acids is 1. The first-order chi connectivity index (χ1) is 9.60. The van der Waals surface area contributed by atoms with Gasteiger partial charge in [-0.25, -0.2) is 9.18 Å². The normalized spacial score (nSPS) is 10.1. The second-order valence-electron chi connectivity index (χ2n) is 4.16. The topological polar surface area (TPSA) is 61.5 Å². The van der Waals surface area contributed by atoms with Crippen LogP contribution < -0.4 is 10.5 Å². The molecule has 0 aliphatic carbocycles. The molecule has 104 valence electrons. The average molecular weight is 275 g/mol. The Morgan fingerprint density at radius 2 is 2.00 bits per heavy atom. The molecule has 0 aliphatic heterocycles. The Labute approximate surface area is 115 Å². The molecule has 4 nitrogen and oxygen atoms in total. The highest BCUT2D eigenvalue weighted by Gasteiger charge is 2.11. The molecular formula is C15H14FNO3. The zero-order valence-electron chi connectivity index (χ0n) is 10.9. The van der Waals surface area contributed by atoms with Crippen molar-refractivity contribution in [1.29, 1.82) is 0 Å². The number of anilines is 1. The third kappa shape index (κ3) is 3.26.